The van der Waals surface area contributed by atoms with Crippen LogP contribution in [0.5, 0.6) is 0 Å². The van der Waals surface area contributed by atoms with Crippen molar-refractivity contribution in [3.8, 4) is 6.07 Å². The standard InChI is InChI=1S/C9H14N2O3S/c1-2-7(5-9(13)14)11-8(12)6-15-4-3-10/h7H,2,4-6H2,1H3,(H,11,12)(H,13,14). The molecular formula is C9H14N2O3S. The van der Waals surface area contributed by atoms with Gasteiger partial charge in [0.25, 0.3) is 0 Å². The highest BCUT2D eigenvalue weighted by Crippen LogP contribution is 2.01. The lowest BCUT2D eigenvalue weighted by molar-refractivity contribution is -0.137. The predicted molar refractivity (Wildman–Crippen MR) is 57.4 cm³/mol. The molecule has 0 aromatic heterocycles. The van der Waals surface area contributed by atoms with Crippen LogP contribution < -0.4 is 5.32 Å². The molecule has 0 aromatic rings. The van der Waals surface area contributed by atoms with E-state index in [4.69, 9.17) is 10.4 Å². The Balaban J connectivity index is 3.81. The number of nitrogens with one attached hydrogen (secondary N) is 1. The second kappa shape index (κ2) is 8.12. The topological polar surface area (TPSA) is 90.2 Å². The molecule has 0 radical (unpaired) electrons. The fourth-order valence-corrected chi connectivity index (χ4v) is 1.43. The highest BCUT2D eigenvalue weighted by molar-refractivity contribution is 8.00. The van der Waals surface area contributed by atoms with Crippen molar-refractivity contribution in [1.29, 1.82) is 5.26 Å². The third-order valence-corrected chi connectivity index (χ3v) is 2.48. The molecule has 84 valence electrons. The van der Waals surface area contributed by atoms with Gasteiger partial charge < -0.3 is 10.4 Å². The summed E-state index contributed by atoms with van der Waals surface area (Å²) in [5.41, 5.74) is 0. The van der Waals surface area contributed by atoms with E-state index in [0.717, 1.165) is 0 Å². The number of hydrogen-bond acceptors (Lipinski definition) is 4. The first-order chi connectivity index (χ1) is 7.10. The van der Waals surface area contributed by atoms with Gasteiger partial charge in [0, 0.05) is 6.04 Å². The Bertz CT molecular complexity index is 263. The molecule has 0 aliphatic heterocycles. The monoisotopic (exact) mass is 230 g/mol. The zero-order chi connectivity index (χ0) is 11.7. The van der Waals surface area contributed by atoms with E-state index in [1.54, 1.807) is 0 Å². The van der Waals surface area contributed by atoms with E-state index in [1.807, 2.05) is 13.0 Å². The van der Waals surface area contributed by atoms with Crippen LogP contribution in [0.15, 0.2) is 0 Å². The predicted octanol–water partition coefficient (Wildman–Crippen LogP) is 0.613. The summed E-state index contributed by atoms with van der Waals surface area (Å²) < 4.78 is 0. The van der Waals surface area contributed by atoms with Crippen LogP contribution >= 0.6 is 11.8 Å². The average molecular weight is 230 g/mol. The molecule has 1 amide bonds. The molecule has 1 atom stereocenters. The second-order valence-corrected chi connectivity index (χ2v) is 3.91. The van der Waals surface area contributed by atoms with Crippen LogP contribution in [-0.2, 0) is 9.59 Å². The van der Waals surface area contributed by atoms with Crippen molar-refractivity contribution in [2.75, 3.05) is 11.5 Å². The number of nitrogens with zero attached hydrogens (tertiary/aromatic N) is 1. The summed E-state index contributed by atoms with van der Waals surface area (Å²) in [7, 11) is 0. The Morgan fingerprint density at radius 2 is 2.27 bits per heavy atom. The molecule has 0 heterocycles. The maximum Gasteiger partial charge on any atom is 0.305 e. The van der Waals surface area contributed by atoms with Crippen molar-refractivity contribution in [2.45, 2.75) is 25.8 Å². The molecule has 0 saturated heterocycles. The molecule has 0 aromatic carbocycles. The Hall–Kier alpha value is -1.22. The number of carbonyl (C=O) groups excluding carboxylic acids is 1. The summed E-state index contributed by atoms with van der Waals surface area (Å²) in [5.74, 6) is -0.678. The Morgan fingerprint density at radius 3 is 2.73 bits per heavy atom. The van der Waals surface area contributed by atoms with Gasteiger partial charge in [-0.2, -0.15) is 5.26 Å². The summed E-state index contributed by atoms with van der Waals surface area (Å²) in [6.07, 6.45) is 0.520. The molecule has 0 bridgehead atoms. The summed E-state index contributed by atoms with van der Waals surface area (Å²) in [6.45, 7) is 1.82. The third-order valence-electron chi connectivity index (χ3n) is 1.68. The normalized spacial score (nSPS) is 11.5. The molecule has 0 saturated carbocycles. The molecular weight excluding hydrogens is 216 g/mol. The van der Waals surface area contributed by atoms with Crippen molar-refractivity contribution in [2.24, 2.45) is 0 Å². The van der Waals surface area contributed by atoms with E-state index >= 15 is 0 Å². The third kappa shape index (κ3) is 7.82. The van der Waals surface area contributed by atoms with Crippen LogP contribution in [0.3, 0.4) is 0 Å². The molecule has 2 N–H and O–H groups in total. The number of carboxylic acid groups (broad SMARTS) is 1. The van der Waals surface area contributed by atoms with Gasteiger partial charge in [-0.05, 0) is 6.42 Å². The molecule has 0 aliphatic rings. The lowest BCUT2D eigenvalue weighted by Crippen LogP contribution is -2.37. The van der Waals surface area contributed by atoms with E-state index in [2.05, 4.69) is 5.32 Å². The van der Waals surface area contributed by atoms with Crippen LogP contribution in [0.1, 0.15) is 19.8 Å². The minimum Gasteiger partial charge on any atom is -0.481 e. The fraction of sp³-hybridized carbons (Fsp3) is 0.667. The minimum atomic E-state index is -0.924. The first kappa shape index (κ1) is 13.8. The van der Waals surface area contributed by atoms with Crippen LogP contribution in [-0.4, -0.2) is 34.5 Å². The molecule has 0 fully saturated rings. The highest BCUT2D eigenvalue weighted by Gasteiger charge is 2.13. The molecule has 0 aliphatic carbocycles. The number of carboxylic acids is 1. The number of aliphatic carboxylic acids is 1. The lowest BCUT2D eigenvalue weighted by atomic mass is 10.1. The van der Waals surface area contributed by atoms with E-state index in [-0.39, 0.29) is 29.9 Å². The number of amides is 1. The van der Waals surface area contributed by atoms with Crippen LogP contribution in [0.2, 0.25) is 0 Å². The number of hydrogen-bond donors (Lipinski definition) is 2. The van der Waals surface area contributed by atoms with Gasteiger partial charge in [-0.15, -0.1) is 11.8 Å². The van der Waals surface area contributed by atoms with E-state index < -0.39 is 5.97 Å². The van der Waals surface area contributed by atoms with Gasteiger partial charge in [0.15, 0.2) is 0 Å². The first-order valence-corrected chi connectivity index (χ1v) is 5.71. The second-order valence-electron chi connectivity index (χ2n) is 2.92. The molecule has 6 heteroatoms. The van der Waals surface area contributed by atoms with E-state index in [0.29, 0.717) is 6.42 Å². The molecule has 5 nitrogen and oxygen atoms in total. The first-order valence-electron chi connectivity index (χ1n) is 4.56. The smallest absolute Gasteiger partial charge is 0.305 e. The van der Waals surface area contributed by atoms with E-state index in [1.165, 1.54) is 11.8 Å². The maximum absolute atomic E-state index is 11.2. The van der Waals surface area contributed by atoms with Gasteiger partial charge in [-0.3, -0.25) is 9.59 Å². The molecule has 0 rings (SSSR count). The van der Waals surface area contributed by atoms with Crippen molar-refractivity contribution in [3.05, 3.63) is 0 Å². The Labute approximate surface area is 92.8 Å². The van der Waals surface area contributed by atoms with Gasteiger partial charge in [-0.25, -0.2) is 0 Å². The van der Waals surface area contributed by atoms with E-state index in [9.17, 15) is 9.59 Å². The number of thioether (sulfide) groups is 1. The summed E-state index contributed by atoms with van der Waals surface area (Å²) in [6, 6.07) is 1.59. The number of nitriles is 1. The summed E-state index contributed by atoms with van der Waals surface area (Å²) in [4.78, 5) is 21.6. The van der Waals surface area contributed by atoms with Gasteiger partial charge in [0.1, 0.15) is 0 Å². The average Bonchev–Trinajstić information content (AvgIpc) is 2.16. The molecule has 15 heavy (non-hydrogen) atoms. The van der Waals surface area contributed by atoms with Gasteiger partial charge in [-0.1, -0.05) is 6.92 Å². The lowest BCUT2D eigenvalue weighted by Gasteiger charge is -2.14. The Kier molecular flexibility index (Phi) is 7.46. The van der Waals surface area contributed by atoms with Crippen molar-refractivity contribution in [1.82, 2.24) is 5.32 Å². The van der Waals surface area contributed by atoms with Crippen LogP contribution in [0.4, 0.5) is 0 Å². The summed E-state index contributed by atoms with van der Waals surface area (Å²) >= 11 is 1.21. The zero-order valence-electron chi connectivity index (χ0n) is 8.52. The van der Waals surface area contributed by atoms with Gasteiger partial charge in [0.2, 0.25) is 5.91 Å². The highest BCUT2D eigenvalue weighted by atomic mass is 32.2. The van der Waals surface area contributed by atoms with Crippen molar-refractivity contribution < 1.29 is 14.7 Å². The number of carbonyl (C=O) groups is 2. The quantitative estimate of drug-likeness (QED) is 0.625. The van der Waals surface area contributed by atoms with Crippen molar-refractivity contribution >= 4 is 23.6 Å². The Morgan fingerprint density at radius 1 is 1.60 bits per heavy atom. The SMILES string of the molecule is CCC(CC(=O)O)NC(=O)CSCC#N. The number of rotatable bonds is 7. The maximum atomic E-state index is 11.2. The fourth-order valence-electron chi connectivity index (χ4n) is 0.967. The van der Waals surface area contributed by atoms with Crippen LogP contribution in [0.25, 0.3) is 0 Å². The van der Waals surface area contributed by atoms with Crippen molar-refractivity contribution in [3.63, 3.8) is 0 Å². The minimum absolute atomic E-state index is 0.0643. The molecule has 1 unspecified atom stereocenters. The zero-order valence-corrected chi connectivity index (χ0v) is 9.34. The van der Waals surface area contributed by atoms with Gasteiger partial charge >= 0.3 is 5.97 Å². The molecule has 0 spiro atoms. The largest absolute Gasteiger partial charge is 0.481 e. The summed E-state index contributed by atoms with van der Waals surface area (Å²) in [5, 5.41) is 19.4. The van der Waals surface area contributed by atoms with Gasteiger partial charge in [0.05, 0.1) is 24.0 Å². The van der Waals surface area contributed by atoms with Crippen LogP contribution in [0, 0.1) is 11.3 Å².